The van der Waals surface area contributed by atoms with Crippen molar-refractivity contribution in [1.82, 2.24) is 5.32 Å². The molecule has 0 aliphatic carbocycles. The summed E-state index contributed by atoms with van der Waals surface area (Å²) in [6.45, 7) is 6.59. The lowest BCUT2D eigenvalue weighted by atomic mass is 9.87. The van der Waals surface area contributed by atoms with Crippen molar-refractivity contribution in [3.63, 3.8) is 0 Å². The van der Waals surface area contributed by atoms with E-state index < -0.39 is 28.5 Å². The van der Waals surface area contributed by atoms with Gasteiger partial charge >= 0.3 is 18.1 Å². The molecular formula is C39H43N2O7+. The fraction of sp³-hybridized carbons (Fsp3) is 0.308. The molecule has 2 N–H and O–H groups in total. The lowest BCUT2D eigenvalue weighted by molar-refractivity contribution is -0.794. The molecule has 48 heavy (non-hydrogen) atoms. The van der Waals surface area contributed by atoms with Crippen molar-refractivity contribution in [3.05, 3.63) is 119 Å². The zero-order chi connectivity index (χ0) is 34.3. The molecular weight excluding hydrogens is 608 g/mol. The molecule has 5 rings (SSSR count). The van der Waals surface area contributed by atoms with E-state index in [4.69, 9.17) is 14.2 Å². The van der Waals surface area contributed by atoms with Gasteiger partial charge in [-0.3, -0.25) is 4.79 Å². The number of urea groups is 1. The van der Waals surface area contributed by atoms with E-state index in [-0.39, 0.29) is 38.3 Å². The SMILES string of the molecule is COCCOC(=O)[N+]1(C(=O)NCC(C(=O)O)c2ccc(-c3ccccc3)cc2)CCc2ccc(Oc3ccc(C(C)(C)C)cc3)cc2C1. The van der Waals surface area contributed by atoms with E-state index in [1.807, 2.05) is 84.9 Å². The Balaban J connectivity index is 1.35. The van der Waals surface area contributed by atoms with E-state index in [1.54, 1.807) is 12.1 Å². The van der Waals surface area contributed by atoms with Crippen molar-refractivity contribution in [2.75, 3.05) is 33.4 Å². The number of hydrogen-bond acceptors (Lipinski definition) is 6. The average molecular weight is 652 g/mol. The van der Waals surface area contributed by atoms with E-state index >= 15 is 0 Å². The minimum absolute atomic E-state index is 0.0154. The summed E-state index contributed by atoms with van der Waals surface area (Å²) >= 11 is 0. The average Bonchev–Trinajstić information content (AvgIpc) is 3.08. The van der Waals surface area contributed by atoms with Gasteiger partial charge in [-0.15, -0.1) is 4.48 Å². The van der Waals surface area contributed by atoms with Crippen LogP contribution < -0.4 is 10.1 Å². The molecule has 9 nitrogen and oxygen atoms in total. The third kappa shape index (κ3) is 7.93. The number of carboxylic acid groups (broad SMARTS) is 1. The number of nitrogens with one attached hydrogen (secondary N) is 1. The summed E-state index contributed by atoms with van der Waals surface area (Å²) < 4.78 is 16.1. The number of carboxylic acids is 1. The molecule has 2 atom stereocenters. The Morgan fingerprint density at radius 1 is 0.833 bits per heavy atom. The number of fused-ring (bicyclic) bond motifs is 1. The van der Waals surface area contributed by atoms with Gasteiger partial charge in [0.2, 0.25) is 0 Å². The molecule has 3 amide bonds. The molecule has 0 bridgehead atoms. The highest BCUT2D eigenvalue weighted by Gasteiger charge is 2.49. The first-order valence-electron chi connectivity index (χ1n) is 16.1. The number of methoxy groups -OCH3 is 1. The van der Waals surface area contributed by atoms with Crippen molar-refractivity contribution in [2.24, 2.45) is 0 Å². The van der Waals surface area contributed by atoms with Gasteiger partial charge in [-0.25, -0.2) is 4.79 Å². The molecule has 0 fully saturated rings. The molecule has 0 saturated carbocycles. The van der Waals surface area contributed by atoms with Crippen LogP contribution in [0.5, 0.6) is 11.5 Å². The molecule has 0 aromatic heterocycles. The Kier molecular flexibility index (Phi) is 10.6. The minimum Gasteiger partial charge on any atom is -0.481 e. The number of quaternary nitrogens is 1. The predicted octanol–water partition coefficient (Wildman–Crippen LogP) is 7.68. The molecule has 1 aliphatic heterocycles. The molecule has 4 aromatic carbocycles. The number of ether oxygens (including phenoxy) is 3. The van der Waals surface area contributed by atoms with Crippen molar-refractivity contribution < 1.29 is 38.2 Å². The summed E-state index contributed by atoms with van der Waals surface area (Å²) in [5, 5.41) is 12.9. The topological polar surface area (TPSA) is 111 Å². The quantitative estimate of drug-likeness (QED) is 0.134. The van der Waals surface area contributed by atoms with Crippen molar-refractivity contribution in [1.29, 1.82) is 0 Å². The van der Waals surface area contributed by atoms with Crippen LogP contribution in [0.15, 0.2) is 97.1 Å². The molecule has 0 saturated heterocycles. The van der Waals surface area contributed by atoms with Gasteiger partial charge in [-0.1, -0.05) is 93.6 Å². The monoisotopic (exact) mass is 651 g/mol. The molecule has 0 spiro atoms. The van der Waals surface area contributed by atoms with Gasteiger partial charge in [0.1, 0.15) is 31.2 Å². The fourth-order valence-corrected chi connectivity index (χ4v) is 5.87. The number of hydrogen-bond donors (Lipinski definition) is 2. The van der Waals surface area contributed by atoms with Gasteiger partial charge in [0.05, 0.1) is 12.5 Å². The van der Waals surface area contributed by atoms with Crippen LogP contribution >= 0.6 is 0 Å². The molecule has 2 unspecified atom stereocenters. The Morgan fingerprint density at radius 3 is 2.15 bits per heavy atom. The maximum absolute atomic E-state index is 14.0. The summed E-state index contributed by atoms with van der Waals surface area (Å²) in [7, 11) is 1.50. The molecule has 250 valence electrons. The summed E-state index contributed by atoms with van der Waals surface area (Å²) in [6.07, 6.45) is -0.287. The van der Waals surface area contributed by atoms with Crippen LogP contribution in [0.1, 0.15) is 48.9 Å². The zero-order valence-electron chi connectivity index (χ0n) is 27.9. The van der Waals surface area contributed by atoms with Crippen LogP contribution in [-0.4, -0.2) is 61.1 Å². The lowest BCUT2D eigenvalue weighted by Gasteiger charge is -2.35. The van der Waals surface area contributed by atoms with Crippen molar-refractivity contribution in [2.45, 2.75) is 45.1 Å². The Hall–Kier alpha value is -4.99. The minimum atomic E-state index is -1.08. The third-order valence-electron chi connectivity index (χ3n) is 8.76. The van der Waals surface area contributed by atoms with Gasteiger partial charge in [-0.05, 0) is 57.5 Å². The first-order valence-corrected chi connectivity index (χ1v) is 16.1. The van der Waals surface area contributed by atoms with E-state index in [2.05, 4.69) is 26.1 Å². The van der Waals surface area contributed by atoms with Crippen LogP contribution in [-0.2, 0) is 32.6 Å². The highest BCUT2D eigenvalue weighted by atomic mass is 16.6. The van der Waals surface area contributed by atoms with E-state index in [1.165, 1.54) is 12.7 Å². The van der Waals surface area contributed by atoms with Gasteiger partial charge in [0.15, 0.2) is 0 Å². The normalized spacial score (nSPS) is 16.3. The number of amides is 3. The largest absolute Gasteiger partial charge is 0.525 e. The molecule has 1 aliphatic rings. The van der Waals surface area contributed by atoms with Gasteiger partial charge in [0, 0.05) is 25.6 Å². The summed E-state index contributed by atoms with van der Waals surface area (Å²) in [5.74, 6) is -0.855. The smallest absolute Gasteiger partial charge is 0.481 e. The van der Waals surface area contributed by atoms with E-state index in [0.717, 1.165) is 22.3 Å². The maximum atomic E-state index is 14.0. The van der Waals surface area contributed by atoms with Crippen LogP contribution in [0.25, 0.3) is 11.1 Å². The van der Waals surface area contributed by atoms with Gasteiger partial charge < -0.3 is 24.6 Å². The van der Waals surface area contributed by atoms with Crippen LogP contribution in [0, 0.1) is 0 Å². The lowest BCUT2D eigenvalue weighted by Crippen LogP contribution is -2.63. The highest BCUT2D eigenvalue weighted by Crippen LogP contribution is 2.33. The molecule has 4 aromatic rings. The number of nitrogens with zero attached hydrogens (tertiary/aromatic N) is 1. The number of aliphatic carboxylic acids is 1. The van der Waals surface area contributed by atoms with Crippen molar-refractivity contribution >= 4 is 18.1 Å². The summed E-state index contributed by atoms with van der Waals surface area (Å²) in [6, 6.07) is 30.0. The Labute approximate surface area is 281 Å². The van der Waals surface area contributed by atoms with Crippen LogP contribution in [0.3, 0.4) is 0 Å². The van der Waals surface area contributed by atoms with E-state index in [9.17, 15) is 19.5 Å². The van der Waals surface area contributed by atoms with Crippen molar-refractivity contribution in [3.8, 4) is 22.6 Å². The third-order valence-corrected chi connectivity index (χ3v) is 8.76. The first-order chi connectivity index (χ1) is 23.0. The predicted molar refractivity (Wildman–Crippen MR) is 183 cm³/mol. The van der Waals surface area contributed by atoms with Crippen LogP contribution in [0.4, 0.5) is 9.59 Å². The van der Waals surface area contributed by atoms with E-state index in [0.29, 0.717) is 23.5 Å². The highest BCUT2D eigenvalue weighted by molar-refractivity contribution is 5.82. The number of imide groups is 1. The standard InChI is InChI=1S/C39H42N2O7/c1-39(2,3)32-15-18-33(19-16-32)48-34-17-14-29-20-21-41(26-31(29)24-34,38(45)47-23-22-46-4)37(44)40-25-35(36(42)43)30-12-10-28(11-13-30)27-8-6-5-7-9-27/h5-19,24,35H,20-23,25-26H2,1-4H3,(H-,40,42,43,44)/p+1. The number of benzene rings is 4. The second-order valence-corrected chi connectivity index (χ2v) is 13.1. The molecule has 9 heteroatoms. The number of carbonyl (C=O) groups excluding carboxylic acids is 2. The fourth-order valence-electron chi connectivity index (χ4n) is 5.87. The Morgan fingerprint density at radius 2 is 1.50 bits per heavy atom. The van der Waals surface area contributed by atoms with Crippen LogP contribution in [0.2, 0.25) is 0 Å². The van der Waals surface area contributed by atoms with Gasteiger partial charge in [-0.2, -0.15) is 4.79 Å². The van der Waals surface area contributed by atoms with Gasteiger partial charge in [0.25, 0.3) is 0 Å². The summed E-state index contributed by atoms with van der Waals surface area (Å²) in [5.41, 5.74) is 5.48. The second-order valence-electron chi connectivity index (χ2n) is 13.1. The molecule has 0 radical (unpaired) electrons. The Bertz CT molecular complexity index is 1730. The summed E-state index contributed by atoms with van der Waals surface area (Å²) in [4.78, 5) is 40.0. The zero-order valence-corrected chi connectivity index (χ0v) is 27.9. The second kappa shape index (κ2) is 14.8. The first kappa shape index (κ1) is 34.3. The number of rotatable bonds is 10. The number of carbonyl (C=O) groups is 3. The maximum Gasteiger partial charge on any atom is 0.525 e. The molecule has 1 heterocycles.